The molecule has 0 bridgehead atoms. The summed E-state index contributed by atoms with van der Waals surface area (Å²) >= 11 is 0. The summed E-state index contributed by atoms with van der Waals surface area (Å²) in [5.41, 5.74) is 0.943. The monoisotopic (exact) mass is 543 g/mol. The molecule has 0 spiro atoms. The number of nitrogens with zero attached hydrogens (tertiary/aromatic N) is 7. The van der Waals surface area contributed by atoms with Crippen molar-refractivity contribution < 1.29 is 18.3 Å². The smallest absolute Gasteiger partial charge is 0.296 e. The minimum absolute atomic E-state index is 0.0113. The van der Waals surface area contributed by atoms with Gasteiger partial charge in [-0.25, -0.2) is 13.8 Å². The first-order valence-corrected chi connectivity index (χ1v) is 13.4. The first-order valence-electron chi connectivity index (χ1n) is 13.4. The van der Waals surface area contributed by atoms with Crippen LogP contribution in [-0.2, 0) is 9.53 Å². The van der Waals surface area contributed by atoms with Crippen LogP contribution in [0.2, 0.25) is 0 Å². The van der Waals surface area contributed by atoms with Crippen LogP contribution in [0.5, 0.6) is 0 Å². The van der Waals surface area contributed by atoms with Crippen LogP contribution >= 0.6 is 0 Å². The second-order valence-electron chi connectivity index (χ2n) is 10.5. The number of hydrogen-bond acceptors (Lipinski definition) is 9. The number of hydrogen-bond donors (Lipinski definition) is 2. The number of carbonyl (C=O) groups is 1. The van der Waals surface area contributed by atoms with Crippen molar-refractivity contribution in [3.63, 3.8) is 0 Å². The van der Waals surface area contributed by atoms with Crippen LogP contribution in [0.15, 0.2) is 24.3 Å². The lowest BCUT2D eigenvalue weighted by molar-refractivity contribution is -0.122. The van der Waals surface area contributed by atoms with E-state index in [1.807, 2.05) is 30.8 Å². The fourth-order valence-corrected chi connectivity index (χ4v) is 5.20. The maximum Gasteiger partial charge on any atom is 0.296 e. The number of anilines is 2. The lowest BCUT2D eigenvalue weighted by Gasteiger charge is -2.34. The van der Waals surface area contributed by atoms with E-state index < -0.39 is 12.2 Å². The third kappa shape index (κ3) is 6.25. The van der Waals surface area contributed by atoms with Gasteiger partial charge in [0.05, 0.1) is 36.8 Å². The number of ether oxygens (including phenoxy) is 1. The number of nitrogens with one attached hydrogen (secondary N) is 2. The zero-order valence-electron chi connectivity index (χ0n) is 22.5. The van der Waals surface area contributed by atoms with Crippen LogP contribution in [0.3, 0.4) is 0 Å². The maximum absolute atomic E-state index is 14.1. The van der Waals surface area contributed by atoms with Crippen molar-refractivity contribution in [2.45, 2.75) is 57.2 Å². The van der Waals surface area contributed by atoms with Crippen molar-refractivity contribution in [3.8, 4) is 5.95 Å². The summed E-state index contributed by atoms with van der Waals surface area (Å²) in [7, 11) is 3.73. The summed E-state index contributed by atoms with van der Waals surface area (Å²) < 4.78 is 35.1. The molecule has 0 unspecified atom stereocenters. The van der Waals surface area contributed by atoms with E-state index >= 15 is 0 Å². The van der Waals surface area contributed by atoms with Crippen LogP contribution < -0.4 is 15.5 Å². The topological polar surface area (TPSA) is 113 Å². The molecule has 1 aliphatic carbocycles. The standard InChI is InChI=1S/C26H35F2N9O2/c1-16-15-39-13-12-36(16)25-32-24(30-18-10-8-17(9-11-18)29-21(38)14-35(2)3)33-26(34-25)37-20-7-5-4-6-19(20)31-23(37)22(27)28/h4-7,16-18,22H,8-15H2,1-3H3,(H,29,38)(H,30,32,33,34)/t16-,17?,18?/m1/s1. The summed E-state index contributed by atoms with van der Waals surface area (Å²) in [6, 6.07) is 7.17. The molecule has 1 atom stereocenters. The average Bonchev–Trinajstić information content (AvgIpc) is 3.30. The second-order valence-corrected chi connectivity index (χ2v) is 10.5. The highest BCUT2D eigenvalue weighted by molar-refractivity contribution is 5.78. The number of aromatic nitrogens is 5. The normalized spacial score (nSPS) is 22.0. The van der Waals surface area contributed by atoms with Crippen molar-refractivity contribution in [2.24, 2.45) is 0 Å². The van der Waals surface area contributed by atoms with E-state index in [4.69, 9.17) is 9.72 Å². The third-order valence-electron chi connectivity index (χ3n) is 7.10. The molecule has 1 aliphatic heterocycles. The number of carbonyl (C=O) groups excluding carboxylic acids is 1. The van der Waals surface area contributed by atoms with Crippen molar-refractivity contribution >= 4 is 28.8 Å². The Morgan fingerprint density at radius 2 is 1.79 bits per heavy atom. The van der Waals surface area contributed by atoms with E-state index in [0.29, 0.717) is 49.2 Å². The van der Waals surface area contributed by atoms with Crippen LogP contribution in [0, 0.1) is 0 Å². The highest BCUT2D eigenvalue weighted by atomic mass is 19.3. The second kappa shape index (κ2) is 11.7. The minimum Gasteiger partial charge on any atom is -0.377 e. The van der Waals surface area contributed by atoms with E-state index in [9.17, 15) is 13.6 Å². The fraction of sp³-hybridized carbons (Fsp3) is 0.577. The molecule has 11 nitrogen and oxygen atoms in total. The van der Waals surface area contributed by atoms with E-state index in [-0.39, 0.29) is 30.0 Å². The Kier molecular flexibility index (Phi) is 8.17. The van der Waals surface area contributed by atoms with Crippen molar-refractivity contribution in [1.29, 1.82) is 0 Å². The molecule has 2 N–H and O–H groups in total. The molecule has 3 heterocycles. The van der Waals surface area contributed by atoms with Crippen LogP contribution in [-0.4, -0.2) is 93.8 Å². The SMILES string of the molecule is C[C@@H]1COCCN1c1nc(NC2CCC(NC(=O)CN(C)C)CC2)nc(-n2c(C(F)F)nc3ccccc32)n1. The van der Waals surface area contributed by atoms with Gasteiger partial charge >= 0.3 is 0 Å². The van der Waals surface area contributed by atoms with Crippen molar-refractivity contribution in [1.82, 2.24) is 34.7 Å². The largest absolute Gasteiger partial charge is 0.377 e. The predicted octanol–water partition coefficient (Wildman–Crippen LogP) is 2.77. The summed E-state index contributed by atoms with van der Waals surface area (Å²) in [6.07, 6.45) is 0.462. The number of rotatable bonds is 8. The number of para-hydroxylation sites is 2. The van der Waals surface area contributed by atoms with Gasteiger partial charge in [-0.3, -0.25) is 9.36 Å². The van der Waals surface area contributed by atoms with Gasteiger partial charge in [0.1, 0.15) is 0 Å². The van der Waals surface area contributed by atoms with Crippen molar-refractivity contribution in [2.75, 3.05) is 50.6 Å². The molecule has 1 amide bonds. The van der Waals surface area contributed by atoms with Gasteiger partial charge < -0.3 is 25.2 Å². The predicted molar refractivity (Wildman–Crippen MR) is 143 cm³/mol. The van der Waals surface area contributed by atoms with Gasteiger partial charge in [0.2, 0.25) is 23.8 Å². The molecule has 13 heteroatoms. The summed E-state index contributed by atoms with van der Waals surface area (Å²) in [6.45, 7) is 3.99. The number of morpholine rings is 1. The number of likely N-dealkylation sites (N-methyl/N-ethyl adjacent to an activating group) is 1. The molecular formula is C26H35F2N9O2. The van der Waals surface area contributed by atoms with Crippen molar-refractivity contribution in [3.05, 3.63) is 30.1 Å². The van der Waals surface area contributed by atoms with Gasteiger partial charge in [0.25, 0.3) is 6.43 Å². The van der Waals surface area contributed by atoms with Gasteiger partial charge in [0, 0.05) is 18.6 Å². The first-order chi connectivity index (χ1) is 18.8. The van der Waals surface area contributed by atoms with Crippen LogP contribution in [0.1, 0.15) is 44.9 Å². The van der Waals surface area contributed by atoms with Gasteiger partial charge in [-0.05, 0) is 58.8 Å². The Hall–Kier alpha value is -3.45. The maximum atomic E-state index is 14.1. The Morgan fingerprint density at radius 1 is 1.08 bits per heavy atom. The number of halogens is 2. The highest BCUT2D eigenvalue weighted by Gasteiger charge is 2.28. The molecule has 1 aromatic carbocycles. The zero-order valence-corrected chi connectivity index (χ0v) is 22.5. The molecule has 39 heavy (non-hydrogen) atoms. The highest BCUT2D eigenvalue weighted by Crippen LogP contribution is 2.29. The Labute approximate surface area is 226 Å². The molecule has 3 aromatic rings. The van der Waals surface area contributed by atoms with Gasteiger partial charge in [-0.15, -0.1) is 0 Å². The van der Waals surface area contributed by atoms with E-state index in [2.05, 4.69) is 25.6 Å². The van der Waals surface area contributed by atoms with Gasteiger partial charge in [-0.2, -0.15) is 15.0 Å². The lowest BCUT2D eigenvalue weighted by atomic mass is 9.91. The van der Waals surface area contributed by atoms with Crippen LogP contribution in [0.25, 0.3) is 17.0 Å². The van der Waals surface area contributed by atoms with E-state index in [1.165, 1.54) is 4.57 Å². The quantitative estimate of drug-likeness (QED) is 0.443. The Balaban J connectivity index is 1.43. The molecule has 210 valence electrons. The molecule has 2 aromatic heterocycles. The molecule has 0 radical (unpaired) electrons. The number of imidazole rings is 1. The zero-order chi connectivity index (χ0) is 27.5. The average molecular weight is 544 g/mol. The number of benzene rings is 1. The Morgan fingerprint density at radius 3 is 2.51 bits per heavy atom. The van der Waals surface area contributed by atoms with Crippen LogP contribution in [0.4, 0.5) is 20.7 Å². The Bertz CT molecular complexity index is 1290. The first kappa shape index (κ1) is 27.1. The molecule has 5 rings (SSSR count). The number of amides is 1. The summed E-state index contributed by atoms with van der Waals surface area (Å²) in [5, 5.41) is 6.52. The molecular weight excluding hydrogens is 508 g/mol. The molecule has 2 aliphatic rings. The third-order valence-corrected chi connectivity index (χ3v) is 7.10. The van der Waals surface area contributed by atoms with E-state index in [1.54, 1.807) is 24.3 Å². The number of fused-ring (bicyclic) bond motifs is 1. The molecule has 1 saturated heterocycles. The number of alkyl halides is 2. The molecule has 1 saturated carbocycles. The van der Waals surface area contributed by atoms with E-state index in [0.717, 1.165) is 25.7 Å². The fourth-order valence-electron chi connectivity index (χ4n) is 5.20. The van der Waals surface area contributed by atoms with Gasteiger partial charge in [0.15, 0.2) is 5.82 Å². The minimum atomic E-state index is -2.81. The summed E-state index contributed by atoms with van der Waals surface area (Å²) in [5.74, 6) is 0.427. The van der Waals surface area contributed by atoms with Gasteiger partial charge in [-0.1, -0.05) is 12.1 Å². The molecule has 2 fully saturated rings. The summed E-state index contributed by atoms with van der Waals surface area (Å²) in [4.78, 5) is 34.1. The lowest BCUT2D eigenvalue weighted by Crippen LogP contribution is -2.45.